The highest BCUT2D eigenvalue weighted by Crippen LogP contribution is 2.33. The van der Waals surface area contributed by atoms with E-state index in [2.05, 4.69) is 9.97 Å². The molecule has 146 valence electrons. The number of nitrogens with zero attached hydrogens (tertiary/aromatic N) is 3. The van der Waals surface area contributed by atoms with Crippen molar-refractivity contribution in [3.8, 4) is 33.9 Å². The number of nitro benzene ring substituents is 1. The molecule has 2 heterocycles. The summed E-state index contributed by atoms with van der Waals surface area (Å²) >= 11 is 5.36. The Kier molecular flexibility index (Phi) is 4.73. The summed E-state index contributed by atoms with van der Waals surface area (Å²) in [5.41, 5.74) is 3.72. The number of nitro groups is 1. The van der Waals surface area contributed by atoms with Crippen molar-refractivity contribution in [2.45, 2.75) is 0 Å². The molecule has 0 amide bonds. The number of ether oxygens (including phenoxy) is 2. The van der Waals surface area contributed by atoms with Gasteiger partial charge >= 0.3 is 0 Å². The van der Waals surface area contributed by atoms with Crippen LogP contribution in [0.4, 0.5) is 5.69 Å². The van der Waals surface area contributed by atoms with E-state index in [-0.39, 0.29) is 5.69 Å². The van der Waals surface area contributed by atoms with Crippen molar-refractivity contribution >= 4 is 23.6 Å². The molecule has 0 aliphatic carbocycles. The molecule has 0 radical (unpaired) electrons. The van der Waals surface area contributed by atoms with Gasteiger partial charge in [0.25, 0.3) is 5.69 Å². The molecule has 0 saturated heterocycles. The van der Waals surface area contributed by atoms with Gasteiger partial charge in [-0.1, -0.05) is 12.1 Å². The Bertz CT molecular complexity index is 1300. The molecule has 0 fully saturated rings. The maximum absolute atomic E-state index is 11.1. The molecule has 0 aliphatic rings. The smallest absolute Gasteiger partial charge is 0.270 e. The Morgan fingerprint density at radius 2 is 1.90 bits per heavy atom. The van der Waals surface area contributed by atoms with Crippen molar-refractivity contribution in [2.75, 3.05) is 14.2 Å². The Hall–Kier alpha value is -3.72. The van der Waals surface area contributed by atoms with E-state index in [1.165, 1.54) is 12.1 Å². The molecule has 2 aromatic carbocycles. The summed E-state index contributed by atoms with van der Waals surface area (Å²) in [6.07, 6.45) is 3.46. The summed E-state index contributed by atoms with van der Waals surface area (Å²) in [4.78, 5) is 18.3. The molecule has 2 aromatic heterocycles. The second-order valence-corrected chi connectivity index (χ2v) is 6.58. The van der Waals surface area contributed by atoms with Gasteiger partial charge in [-0.25, -0.2) is 4.98 Å². The van der Waals surface area contributed by atoms with Crippen LogP contribution in [0.3, 0.4) is 0 Å². The molecule has 9 heteroatoms. The van der Waals surface area contributed by atoms with Crippen LogP contribution in [0.2, 0.25) is 0 Å². The van der Waals surface area contributed by atoms with Gasteiger partial charge in [0.05, 0.1) is 24.8 Å². The number of methoxy groups -OCH3 is 2. The molecule has 0 saturated carbocycles. The molecule has 4 aromatic rings. The van der Waals surface area contributed by atoms with E-state index < -0.39 is 4.92 Å². The van der Waals surface area contributed by atoms with Gasteiger partial charge in [0.2, 0.25) is 4.77 Å². The number of hydrogen-bond donors (Lipinski definition) is 1. The molecule has 4 rings (SSSR count). The normalized spacial score (nSPS) is 10.8. The van der Waals surface area contributed by atoms with Crippen LogP contribution in [-0.2, 0) is 0 Å². The SMILES string of the molecule is COc1ccc(-c2cn3c(=S)ncc(-c4cccc([N+](=O)[O-])c4)c3[nH]2)cc1OC. The monoisotopic (exact) mass is 408 g/mol. The first-order valence-corrected chi connectivity index (χ1v) is 9.00. The van der Waals surface area contributed by atoms with Crippen molar-refractivity contribution in [3.63, 3.8) is 0 Å². The van der Waals surface area contributed by atoms with Gasteiger partial charge in [0, 0.05) is 35.7 Å². The van der Waals surface area contributed by atoms with E-state index in [0.717, 1.165) is 11.3 Å². The molecule has 0 aliphatic heterocycles. The number of fused-ring (bicyclic) bond motifs is 1. The van der Waals surface area contributed by atoms with E-state index in [1.807, 2.05) is 24.4 Å². The standard InChI is InChI=1S/C20H16N4O4S/c1-27-17-7-6-13(9-18(17)28-2)16-11-23-19(22-16)15(10-21-20(23)29)12-4-3-5-14(8-12)24(25)26/h3-11,22H,1-2H3. The maximum Gasteiger partial charge on any atom is 0.270 e. The summed E-state index contributed by atoms with van der Waals surface area (Å²) in [5.74, 6) is 1.23. The second kappa shape index (κ2) is 7.36. The molecule has 0 unspecified atom stereocenters. The van der Waals surface area contributed by atoms with Gasteiger partial charge in [-0.15, -0.1) is 0 Å². The van der Waals surface area contributed by atoms with Gasteiger partial charge in [0.15, 0.2) is 11.5 Å². The van der Waals surface area contributed by atoms with E-state index in [0.29, 0.717) is 33.0 Å². The van der Waals surface area contributed by atoms with Crippen molar-refractivity contribution in [2.24, 2.45) is 0 Å². The zero-order valence-electron chi connectivity index (χ0n) is 15.6. The van der Waals surface area contributed by atoms with Crippen molar-refractivity contribution in [1.82, 2.24) is 14.4 Å². The fraction of sp³-hybridized carbons (Fsp3) is 0.100. The molecule has 0 atom stereocenters. The summed E-state index contributed by atoms with van der Waals surface area (Å²) in [7, 11) is 3.16. The average molecular weight is 408 g/mol. The maximum atomic E-state index is 11.1. The zero-order chi connectivity index (χ0) is 20.5. The number of rotatable bonds is 5. The van der Waals surface area contributed by atoms with Crippen LogP contribution in [0.15, 0.2) is 54.9 Å². The molecule has 8 nitrogen and oxygen atoms in total. The van der Waals surface area contributed by atoms with E-state index in [4.69, 9.17) is 21.7 Å². The van der Waals surface area contributed by atoms with Crippen LogP contribution in [0, 0.1) is 14.9 Å². The van der Waals surface area contributed by atoms with Crippen LogP contribution in [0.25, 0.3) is 28.0 Å². The van der Waals surface area contributed by atoms with Crippen LogP contribution in [0.1, 0.15) is 0 Å². The van der Waals surface area contributed by atoms with Gasteiger partial charge in [-0.3, -0.25) is 14.5 Å². The average Bonchev–Trinajstić information content (AvgIpc) is 3.20. The van der Waals surface area contributed by atoms with E-state index >= 15 is 0 Å². The van der Waals surface area contributed by atoms with Crippen LogP contribution >= 0.6 is 12.2 Å². The number of nitrogens with one attached hydrogen (secondary N) is 1. The minimum atomic E-state index is -0.424. The highest BCUT2D eigenvalue weighted by atomic mass is 32.1. The van der Waals surface area contributed by atoms with Gasteiger partial charge in [-0.2, -0.15) is 0 Å². The first-order valence-electron chi connectivity index (χ1n) is 8.59. The van der Waals surface area contributed by atoms with Gasteiger partial charge < -0.3 is 14.5 Å². The number of H-pyrrole nitrogens is 1. The zero-order valence-corrected chi connectivity index (χ0v) is 16.4. The minimum absolute atomic E-state index is 0.00905. The van der Waals surface area contributed by atoms with Crippen molar-refractivity contribution in [1.29, 1.82) is 0 Å². The predicted molar refractivity (Wildman–Crippen MR) is 111 cm³/mol. The Morgan fingerprint density at radius 1 is 1.10 bits per heavy atom. The topological polar surface area (TPSA) is 94.7 Å². The lowest BCUT2D eigenvalue weighted by Crippen LogP contribution is -1.94. The van der Waals surface area contributed by atoms with Gasteiger partial charge in [0.1, 0.15) is 5.65 Å². The molecular formula is C20H16N4O4S. The van der Waals surface area contributed by atoms with E-state index in [9.17, 15) is 10.1 Å². The van der Waals surface area contributed by atoms with E-state index in [1.54, 1.807) is 36.9 Å². The largest absolute Gasteiger partial charge is 0.493 e. The number of hydrogen-bond acceptors (Lipinski definition) is 6. The molecule has 29 heavy (non-hydrogen) atoms. The van der Waals surface area contributed by atoms with Crippen molar-refractivity contribution in [3.05, 3.63) is 69.7 Å². The fourth-order valence-electron chi connectivity index (χ4n) is 3.15. The molecule has 1 N–H and O–H groups in total. The first kappa shape index (κ1) is 18.6. The van der Waals surface area contributed by atoms with Crippen molar-refractivity contribution < 1.29 is 14.4 Å². The lowest BCUT2D eigenvalue weighted by molar-refractivity contribution is -0.384. The number of benzene rings is 2. The highest BCUT2D eigenvalue weighted by Gasteiger charge is 2.14. The second-order valence-electron chi connectivity index (χ2n) is 6.22. The Balaban J connectivity index is 1.90. The summed E-state index contributed by atoms with van der Waals surface area (Å²) in [5, 5.41) is 11.1. The highest BCUT2D eigenvalue weighted by molar-refractivity contribution is 7.71. The Morgan fingerprint density at radius 3 is 2.62 bits per heavy atom. The van der Waals surface area contributed by atoms with Crippen LogP contribution in [-0.4, -0.2) is 33.5 Å². The number of imidazole rings is 1. The quantitative estimate of drug-likeness (QED) is 0.293. The third-order valence-electron chi connectivity index (χ3n) is 4.58. The molecule has 0 spiro atoms. The predicted octanol–water partition coefficient (Wildman–Crippen LogP) is 4.65. The summed E-state index contributed by atoms with van der Waals surface area (Å²) < 4.78 is 12.8. The number of aromatic amines is 1. The number of non-ortho nitro benzene ring substituents is 1. The summed E-state index contributed by atoms with van der Waals surface area (Å²) in [6, 6.07) is 12.0. The first-order chi connectivity index (χ1) is 14.0. The lowest BCUT2D eigenvalue weighted by Gasteiger charge is -2.08. The van der Waals surface area contributed by atoms with Gasteiger partial charge in [-0.05, 0) is 36.0 Å². The lowest BCUT2D eigenvalue weighted by atomic mass is 10.1. The third kappa shape index (κ3) is 3.32. The third-order valence-corrected chi connectivity index (χ3v) is 4.88. The Labute approximate surface area is 170 Å². The summed E-state index contributed by atoms with van der Waals surface area (Å²) in [6.45, 7) is 0. The number of aromatic nitrogens is 3. The van der Waals surface area contributed by atoms with Crippen LogP contribution < -0.4 is 9.47 Å². The minimum Gasteiger partial charge on any atom is -0.493 e. The molecular weight excluding hydrogens is 392 g/mol. The fourth-order valence-corrected chi connectivity index (χ4v) is 3.35. The molecule has 0 bridgehead atoms. The van der Waals surface area contributed by atoms with Crippen LogP contribution in [0.5, 0.6) is 11.5 Å².